The van der Waals surface area contributed by atoms with Crippen LogP contribution in [0.15, 0.2) is 24.3 Å². The Morgan fingerprint density at radius 1 is 1.25 bits per heavy atom. The molecule has 1 amide bonds. The maximum absolute atomic E-state index is 11.6. The van der Waals surface area contributed by atoms with Gasteiger partial charge in [0.1, 0.15) is 5.75 Å². The molecular formula is C16H26N2O2. The third-order valence-corrected chi connectivity index (χ3v) is 2.95. The Morgan fingerprint density at radius 3 is 2.45 bits per heavy atom. The molecule has 4 nitrogen and oxygen atoms in total. The summed E-state index contributed by atoms with van der Waals surface area (Å²) in [7, 11) is 0. The fraction of sp³-hybridized carbons (Fsp3) is 0.562. The van der Waals surface area contributed by atoms with E-state index in [0.717, 1.165) is 17.7 Å². The zero-order valence-corrected chi connectivity index (χ0v) is 12.7. The molecule has 0 bridgehead atoms. The summed E-state index contributed by atoms with van der Waals surface area (Å²) in [4.78, 5) is 11.6. The molecule has 1 rings (SSSR count). The van der Waals surface area contributed by atoms with Crippen LogP contribution in [0.1, 0.15) is 45.2 Å². The van der Waals surface area contributed by atoms with E-state index in [-0.39, 0.29) is 11.9 Å². The molecule has 1 aromatic rings. The lowest BCUT2D eigenvalue weighted by molar-refractivity contribution is -0.121. The Hall–Kier alpha value is -1.55. The van der Waals surface area contributed by atoms with Gasteiger partial charge in [-0.25, -0.2) is 0 Å². The molecule has 112 valence electrons. The number of benzene rings is 1. The van der Waals surface area contributed by atoms with Crippen LogP contribution in [0.2, 0.25) is 0 Å². The average Bonchev–Trinajstić information content (AvgIpc) is 2.43. The molecule has 0 aliphatic carbocycles. The quantitative estimate of drug-likeness (QED) is 0.768. The van der Waals surface area contributed by atoms with Gasteiger partial charge in [-0.3, -0.25) is 4.79 Å². The summed E-state index contributed by atoms with van der Waals surface area (Å²) in [5.41, 5.74) is 6.46. The van der Waals surface area contributed by atoms with Crippen molar-refractivity contribution in [1.29, 1.82) is 0 Å². The maximum Gasteiger partial charge on any atom is 0.220 e. The summed E-state index contributed by atoms with van der Waals surface area (Å²) in [6.45, 7) is 7.47. The van der Waals surface area contributed by atoms with Crippen molar-refractivity contribution in [2.24, 2.45) is 11.7 Å². The van der Waals surface area contributed by atoms with Crippen molar-refractivity contribution in [1.82, 2.24) is 5.32 Å². The molecule has 0 saturated carbocycles. The summed E-state index contributed by atoms with van der Waals surface area (Å²) in [5.74, 6) is 1.42. The molecule has 0 fully saturated rings. The van der Waals surface area contributed by atoms with Crippen LogP contribution in [-0.2, 0) is 4.79 Å². The van der Waals surface area contributed by atoms with Crippen molar-refractivity contribution < 1.29 is 9.53 Å². The lowest BCUT2D eigenvalue weighted by atomic mass is 10.1. The standard InChI is InChI=1S/C16H26N2O2/c1-12(2)11-20-15-8-6-14(7-9-15)13(3)18-16(19)5-4-10-17/h6-9,12-13H,4-5,10-11,17H2,1-3H3,(H,18,19). The zero-order chi connectivity index (χ0) is 15.0. The van der Waals surface area contributed by atoms with E-state index in [9.17, 15) is 4.79 Å². The number of hydrogen-bond acceptors (Lipinski definition) is 3. The number of nitrogens with one attached hydrogen (secondary N) is 1. The first-order valence-corrected chi connectivity index (χ1v) is 7.25. The van der Waals surface area contributed by atoms with Crippen LogP contribution in [0, 0.1) is 5.92 Å². The summed E-state index contributed by atoms with van der Waals surface area (Å²) in [6.07, 6.45) is 1.21. The third kappa shape index (κ3) is 6.06. The maximum atomic E-state index is 11.6. The minimum absolute atomic E-state index is 0.000534. The van der Waals surface area contributed by atoms with E-state index in [1.807, 2.05) is 31.2 Å². The molecule has 1 aromatic carbocycles. The normalized spacial score (nSPS) is 12.2. The second-order valence-corrected chi connectivity index (χ2v) is 5.46. The van der Waals surface area contributed by atoms with Crippen LogP contribution in [-0.4, -0.2) is 19.1 Å². The van der Waals surface area contributed by atoms with E-state index < -0.39 is 0 Å². The predicted octanol–water partition coefficient (Wildman–Crippen LogP) is 2.64. The smallest absolute Gasteiger partial charge is 0.220 e. The molecular weight excluding hydrogens is 252 g/mol. The molecule has 0 radical (unpaired) electrons. The van der Waals surface area contributed by atoms with Gasteiger partial charge in [-0.15, -0.1) is 0 Å². The number of carbonyl (C=O) groups is 1. The van der Waals surface area contributed by atoms with E-state index in [0.29, 0.717) is 25.5 Å². The van der Waals surface area contributed by atoms with Gasteiger partial charge in [0.25, 0.3) is 0 Å². The molecule has 3 N–H and O–H groups in total. The molecule has 0 aliphatic heterocycles. The van der Waals surface area contributed by atoms with Gasteiger partial charge in [-0.2, -0.15) is 0 Å². The van der Waals surface area contributed by atoms with E-state index in [1.165, 1.54) is 0 Å². The minimum Gasteiger partial charge on any atom is -0.493 e. The highest BCUT2D eigenvalue weighted by Gasteiger charge is 2.09. The summed E-state index contributed by atoms with van der Waals surface area (Å²) in [6, 6.07) is 7.87. The number of ether oxygens (including phenoxy) is 1. The predicted molar refractivity (Wildman–Crippen MR) is 81.6 cm³/mol. The van der Waals surface area contributed by atoms with Crippen molar-refractivity contribution in [2.75, 3.05) is 13.2 Å². The first kappa shape index (κ1) is 16.5. The molecule has 0 aliphatic rings. The molecule has 1 unspecified atom stereocenters. The largest absolute Gasteiger partial charge is 0.493 e. The third-order valence-electron chi connectivity index (χ3n) is 2.95. The Kier molecular flexibility index (Phi) is 7.09. The van der Waals surface area contributed by atoms with Gasteiger partial charge in [0.05, 0.1) is 12.6 Å². The lowest BCUT2D eigenvalue weighted by Crippen LogP contribution is -2.26. The van der Waals surface area contributed by atoms with Gasteiger partial charge in [-0.05, 0) is 43.5 Å². The first-order valence-electron chi connectivity index (χ1n) is 7.25. The van der Waals surface area contributed by atoms with Crippen molar-refractivity contribution in [3.05, 3.63) is 29.8 Å². The summed E-state index contributed by atoms with van der Waals surface area (Å²) < 4.78 is 5.64. The minimum atomic E-state index is -0.000534. The number of hydrogen-bond donors (Lipinski definition) is 2. The van der Waals surface area contributed by atoms with Crippen LogP contribution < -0.4 is 15.8 Å². The van der Waals surface area contributed by atoms with Gasteiger partial charge < -0.3 is 15.8 Å². The Morgan fingerprint density at radius 2 is 1.90 bits per heavy atom. The molecule has 0 saturated heterocycles. The van der Waals surface area contributed by atoms with Gasteiger partial charge in [0, 0.05) is 6.42 Å². The van der Waals surface area contributed by atoms with Crippen molar-refractivity contribution in [3.8, 4) is 5.75 Å². The number of carbonyl (C=O) groups excluding carboxylic acids is 1. The van der Waals surface area contributed by atoms with Crippen molar-refractivity contribution in [2.45, 2.75) is 39.7 Å². The lowest BCUT2D eigenvalue weighted by Gasteiger charge is -2.15. The molecule has 1 atom stereocenters. The Labute approximate surface area is 121 Å². The molecule has 20 heavy (non-hydrogen) atoms. The highest BCUT2D eigenvalue weighted by molar-refractivity contribution is 5.76. The average molecular weight is 278 g/mol. The van der Waals surface area contributed by atoms with E-state index in [2.05, 4.69) is 19.2 Å². The van der Waals surface area contributed by atoms with E-state index in [4.69, 9.17) is 10.5 Å². The monoisotopic (exact) mass is 278 g/mol. The number of nitrogens with two attached hydrogens (primary N) is 1. The summed E-state index contributed by atoms with van der Waals surface area (Å²) >= 11 is 0. The van der Waals surface area contributed by atoms with Gasteiger partial charge in [0.15, 0.2) is 0 Å². The SMILES string of the molecule is CC(C)COc1ccc(C(C)NC(=O)CCCN)cc1. The first-order chi connectivity index (χ1) is 9.52. The highest BCUT2D eigenvalue weighted by atomic mass is 16.5. The van der Waals surface area contributed by atoms with Crippen LogP contribution in [0.4, 0.5) is 0 Å². The van der Waals surface area contributed by atoms with Crippen LogP contribution in [0.3, 0.4) is 0 Å². The van der Waals surface area contributed by atoms with E-state index in [1.54, 1.807) is 0 Å². The Bertz CT molecular complexity index is 401. The molecule has 4 heteroatoms. The summed E-state index contributed by atoms with van der Waals surface area (Å²) in [5, 5.41) is 2.97. The van der Waals surface area contributed by atoms with Gasteiger partial charge >= 0.3 is 0 Å². The fourth-order valence-electron chi connectivity index (χ4n) is 1.78. The van der Waals surface area contributed by atoms with Crippen LogP contribution in [0.25, 0.3) is 0 Å². The fourth-order valence-corrected chi connectivity index (χ4v) is 1.78. The highest BCUT2D eigenvalue weighted by Crippen LogP contribution is 2.18. The molecule has 0 aromatic heterocycles. The van der Waals surface area contributed by atoms with E-state index >= 15 is 0 Å². The second kappa shape index (κ2) is 8.59. The van der Waals surface area contributed by atoms with Crippen molar-refractivity contribution in [3.63, 3.8) is 0 Å². The Balaban J connectivity index is 2.48. The van der Waals surface area contributed by atoms with Crippen LogP contribution >= 0.6 is 0 Å². The number of rotatable bonds is 8. The topological polar surface area (TPSA) is 64.3 Å². The molecule has 0 heterocycles. The molecule has 0 spiro atoms. The second-order valence-electron chi connectivity index (χ2n) is 5.46. The van der Waals surface area contributed by atoms with Crippen molar-refractivity contribution >= 4 is 5.91 Å². The van der Waals surface area contributed by atoms with Crippen LogP contribution in [0.5, 0.6) is 5.75 Å². The van der Waals surface area contributed by atoms with Gasteiger partial charge in [-0.1, -0.05) is 26.0 Å². The van der Waals surface area contributed by atoms with Gasteiger partial charge in [0.2, 0.25) is 5.91 Å². The number of amides is 1. The zero-order valence-electron chi connectivity index (χ0n) is 12.7.